The van der Waals surface area contributed by atoms with Crippen LogP contribution in [0.15, 0.2) is 103 Å². The van der Waals surface area contributed by atoms with E-state index in [2.05, 4.69) is 78.3 Å². The van der Waals surface area contributed by atoms with Gasteiger partial charge in [0, 0.05) is 159 Å². The Bertz CT molecular complexity index is 4110. The van der Waals surface area contributed by atoms with Crippen LogP contribution in [0.4, 0.5) is 34.4 Å². The van der Waals surface area contributed by atoms with Gasteiger partial charge in [0.2, 0.25) is 17.6 Å². The van der Waals surface area contributed by atoms with Crippen LogP contribution in [0.2, 0.25) is 0 Å². The van der Waals surface area contributed by atoms with Gasteiger partial charge in [-0.25, -0.2) is 15.0 Å². The van der Waals surface area contributed by atoms with E-state index >= 15 is 0 Å². The normalized spacial score (nSPS) is 17.8. The van der Waals surface area contributed by atoms with Gasteiger partial charge >= 0.3 is 0 Å². The standard InChI is InChI=1S/C59H67N19O9/c1-31-24-78(43-23-42(79)49-48(59(31,43)4)32(2)33(3)62-49)47(81)15-14-38-19-34(25-72(38)6)63-54(83)40-21-36(27-74(40)8)65-57(86)51-68-44(29-76(51)10)67-46(80)13-12-16-61-53(82)39-20-35(26-73(39)7)64-55(84)41-22-37(28-75(41)9)66-58(87)52-69-45(30-77(52)11)70-56(85)50-60-17-18-71(50)5/h14-15,17-23,25-31,48-49,62H,12-13,16,24H2,1-11H3,(H,61,82)(H,63,83)(H,64,84)(H,65,86)(H,66,87)(H,67,80)(H,70,85)/b15-14+/t31-,48?,49?,59+/m1/s1. The predicted molar refractivity (Wildman–Crippen MR) is 321 cm³/mol. The van der Waals surface area contributed by atoms with Gasteiger partial charge in [0.15, 0.2) is 23.2 Å². The molecule has 28 nitrogen and oxygen atoms in total. The molecule has 10 rings (SSSR count). The molecule has 0 saturated carbocycles. The largest absolute Gasteiger partial charge is 0.378 e. The topological polar surface area (TPSA) is 326 Å². The lowest BCUT2D eigenvalue weighted by atomic mass is 9.61. The number of hydrogen-bond donors (Lipinski definition) is 8. The summed E-state index contributed by atoms with van der Waals surface area (Å²) >= 11 is 0. The molecular formula is C59H67N19O9. The van der Waals surface area contributed by atoms with Gasteiger partial charge in [-0.1, -0.05) is 13.8 Å². The molecule has 0 bridgehead atoms. The SMILES string of the molecule is CC1=C(C)C2C(N1)C(=O)C=C1N(C(=O)/C=C/c3cc(NC(=O)c4cc(NC(=O)c5nc(NC(=O)CCCNC(=O)c6cc(NC(=O)c7cc(NC(=O)c8nc(NC(=O)c9nccn9C)cn8C)cn7C)cn6C)cn5C)cn4C)cn3C)C[C@@H](C)[C@@]12C. The molecule has 7 aromatic heterocycles. The summed E-state index contributed by atoms with van der Waals surface area (Å²) in [5, 5.41) is 22.6. The van der Waals surface area contributed by atoms with E-state index in [1.54, 1.807) is 117 Å². The van der Waals surface area contributed by atoms with E-state index in [1.165, 1.54) is 61.1 Å². The number of rotatable bonds is 18. The second kappa shape index (κ2) is 23.3. The van der Waals surface area contributed by atoms with Gasteiger partial charge < -0.3 is 79.4 Å². The fourth-order valence-electron chi connectivity index (χ4n) is 11.6. The van der Waals surface area contributed by atoms with Crippen molar-refractivity contribution < 1.29 is 43.2 Å². The monoisotopic (exact) mass is 1190 g/mol. The van der Waals surface area contributed by atoms with Gasteiger partial charge in [-0.2, -0.15) is 0 Å². The molecule has 2 aliphatic heterocycles. The zero-order valence-electron chi connectivity index (χ0n) is 49.8. The third-order valence-corrected chi connectivity index (χ3v) is 16.3. The van der Waals surface area contributed by atoms with Crippen molar-refractivity contribution in [1.82, 2.24) is 62.5 Å². The summed E-state index contributed by atoms with van der Waals surface area (Å²) < 4.78 is 10.8. The van der Waals surface area contributed by atoms with Crippen molar-refractivity contribution in [3.63, 3.8) is 0 Å². The molecule has 1 saturated heterocycles. The number of carbonyl (C=O) groups is 9. The number of nitrogens with zero attached hydrogens (tertiary/aromatic N) is 11. The van der Waals surface area contributed by atoms with Crippen molar-refractivity contribution in [2.75, 3.05) is 45.0 Å². The van der Waals surface area contributed by atoms with E-state index in [0.29, 0.717) is 35.0 Å². The molecule has 7 aromatic rings. The van der Waals surface area contributed by atoms with Crippen LogP contribution in [0.25, 0.3) is 6.08 Å². The highest BCUT2D eigenvalue weighted by atomic mass is 16.2. The van der Waals surface area contributed by atoms with Crippen LogP contribution in [-0.4, -0.2) is 124 Å². The van der Waals surface area contributed by atoms with Crippen molar-refractivity contribution in [3.8, 4) is 0 Å². The van der Waals surface area contributed by atoms with E-state index in [9.17, 15) is 43.2 Å². The fourth-order valence-corrected chi connectivity index (χ4v) is 11.6. The minimum Gasteiger partial charge on any atom is -0.378 e. The van der Waals surface area contributed by atoms with Crippen molar-refractivity contribution in [1.29, 1.82) is 0 Å². The lowest BCUT2D eigenvalue weighted by molar-refractivity contribution is -0.124. The van der Waals surface area contributed by atoms with Crippen molar-refractivity contribution in [3.05, 3.63) is 143 Å². The Kier molecular flexibility index (Phi) is 15.9. The van der Waals surface area contributed by atoms with E-state index in [4.69, 9.17) is 0 Å². The first-order valence-corrected chi connectivity index (χ1v) is 27.8. The van der Waals surface area contributed by atoms with Crippen LogP contribution >= 0.6 is 0 Å². The van der Waals surface area contributed by atoms with Gasteiger partial charge in [0.25, 0.3) is 41.4 Å². The third kappa shape index (κ3) is 11.7. The first kappa shape index (κ1) is 59.4. The van der Waals surface area contributed by atoms with Crippen molar-refractivity contribution >= 4 is 93.5 Å². The summed E-state index contributed by atoms with van der Waals surface area (Å²) in [6.45, 7) is 8.93. The number of imidazole rings is 3. The summed E-state index contributed by atoms with van der Waals surface area (Å²) in [6, 6.07) is 5.89. The summed E-state index contributed by atoms with van der Waals surface area (Å²) in [6.07, 6.45) is 17.5. The van der Waals surface area contributed by atoms with Crippen molar-refractivity contribution in [2.45, 2.75) is 46.6 Å². The molecule has 0 radical (unpaired) electrons. The van der Waals surface area contributed by atoms with E-state index in [1.807, 2.05) is 6.92 Å². The summed E-state index contributed by atoms with van der Waals surface area (Å²) in [5.74, 6) is -3.31. The van der Waals surface area contributed by atoms with Gasteiger partial charge in [0.05, 0.1) is 28.8 Å². The Morgan fingerprint density at radius 3 is 1.68 bits per heavy atom. The summed E-state index contributed by atoms with van der Waals surface area (Å²) in [5.41, 5.74) is 5.23. The first-order valence-electron chi connectivity index (χ1n) is 27.8. The summed E-state index contributed by atoms with van der Waals surface area (Å²) in [7, 11) is 11.6. The molecule has 452 valence electrons. The second-order valence-corrected chi connectivity index (χ2v) is 22.4. The lowest BCUT2D eigenvalue weighted by Gasteiger charge is -2.43. The average Bonchev–Trinajstić information content (AvgIpc) is 1.60. The number of likely N-dealkylation sites (tertiary alicyclic amines) is 1. The molecule has 0 spiro atoms. The maximum Gasteiger partial charge on any atom is 0.292 e. The highest BCUT2D eigenvalue weighted by Gasteiger charge is 2.59. The third-order valence-electron chi connectivity index (χ3n) is 16.3. The smallest absolute Gasteiger partial charge is 0.292 e. The van der Waals surface area contributed by atoms with E-state index in [-0.39, 0.29) is 95.1 Å². The lowest BCUT2D eigenvalue weighted by Crippen LogP contribution is -2.49. The van der Waals surface area contributed by atoms with Crippen LogP contribution in [0.1, 0.15) is 110 Å². The number of carbonyl (C=O) groups excluding carboxylic acids is 9. The Labute approximate surface area is 498 Å². The van der Waals surface area contributed by atoms with Gasteiger partial charge in [-0.3, -0.25) is 43.2 Å². The van der Waals surface area contributed by atoms with Crippen LogP contribution in [0.5, 0.6) is 0 Å². The molecule has 87 heavy (non-hydrogen) atoms. The number of fused-ring (bicyclic) bond motifs is 3. The number of allylic oxidation sites excluding steroid dienone is 2. The number of ketones is 1. The Morgan fingerprint density at radius 1 is 0.621 bits per heavy atom. The molecule has 0 aromatic carbocycles. The van der Waals surface area contributed by atoms with E-state index < -0.39 is 46.8 Å². The molecule has 4 atom stereocenters. The molecular weight excluding hydrogens is 1120 g/mol. The highest BCUT2D eigenvalue weighted by molar-refractivity contribution is 6.09. The number of amides is 8. The van der Waals surface area contributed by atoms with Gasteiger partial charge in [-0.15, -0.1) is 0 Å². The maximum atomic E-state index is 13.8. The van der Waals surface area contributed by atoms with E-state index in [0.717, 1.165) is 17.0 Å². The molecule has 8 amide bonds. The molecule has 1 fully saturated rings. The number of aryl methyl sites for hydroxylation is 7. The minimum atomic E-state index is -0.601. The average molecular weight is 1190 g/mol. The van der Waals surface area contributed by atoms with Crippen LogP contribution in [0.3, 0.4) is 0 Å². The molecule has 9 heterocycles. The van der Waals surface area contributed by atoms with Gasteiger partial charge in [-0.05, 0) is 62.1 Å². The molecule has 8 N–H and O–H groups in total. The van der Waals surface area contributed by atoms with Crippen molar-refractivity contribution in [2.24, 2.45) is 66.6 Å². The number of nitrogens with one attached hydrogen (secondary N) is 8. The zero-order valence-corrected chi connectivity index (χ0v) is 49.8. The fraction of sp³-hybridized carbons (Fsp3) is 0.322. The maximum absolute atomic E-state index is 13.8. The number of aromatic nitrogens is 10. The van der Waals surface area contributed by atoms with Crippen LogP contribution < -0.4 is 42.5 Å². The first-order chi connectivity index (χ1) is 41.3. The Balaban J connectivity index is 0.658. The van der Waals surface area contributed by atoms with Crippen LogP contribution in [-0.2, 0) is 63.7 Å². The van der Waals surface area contributed by atoms with Gasteiger partial charge in [0.1, 0.15) is 17.1 Å². The summed E-state index contributed by atoms with van der Waals surface area (Å²) in [4.78, 5) is 134. The molecule has 28 heteroatoms. The minimum absolute atomic E-state index is 0.00106. The second-order valence-electron chi connectivity index (χ2n) is 22.4. The molecule has 1 aliphatic carbocycles. The zero-order chi connectivity index (χ0) is 62.5. The Hall–Kier alpha value is -10.8. The number of hydrogen-bond acceptors (Lipinski definition) is 13. The number of anilines is 6. The molecule has 2 unspecified atom stereocenters. The quantitative estimate of drug-likeness (QED) is 0.0434. The highest BCUT2D eigenvalue weighted by Crippen LogP contribution is 2.57. The Morgan fingerprint density at radius 2 is 1.13 bits per heavy atom. The molecule has 3 aliphatic rings. The van der Waals surface area contributed by atoms with Crippen LogP contribution in [0, 0.1) is 17.3 Å². The predicted octanol–water partition coefficient (Wildman–Crippen LogP) is 4.50.